The Bertz CT molecular complexity index is 396. The first kappa shape index (κ1) is 14.2. The molecule has 0 saturated carbocycles. The highest BCUT2D eigenvalue weighted by atomic mass is 79.9. The summed E-state index contributed by atoms with van der Waals surface area (Å²) in [5.41, 5.74) is 7.57. The van der Waals surface area contributed by atoms with Crippen LogP contribution in [0.25, 0.3) is 0 Å². The molecule has 0 aliphatic carbocycles. The van der Waals surface area contributed by atoms with Crippen LogP contribution < -0.4 is 11.1 Å². The second kappa shape index (κ2) is 6.74. The van der Waals surface area contributed by atoms with Crippen molar-refractivity contribution in [3.8, 4) is 0 Å². The molecule has 0 bridgehead atoms. The lowest BCUT2D eigenvalue weighted by molar-refractivity contribution is -0.117. The minimum atomic E-state index is -0.546. The van der Waals surface area contributed by atoms with Gasteiger partial charge in [0.05, 0.1) is 6.04 Å². The summed E-state index contributed by atoms with van der Waals surface area (Å²) < 4.78 is 5.84. The van der Waals surface area contributed by atoms with Crippen LogP contribution in [0, 0.1) is 6.92 Å². The molecule has 0 spiro atoms. The summed E-state index contributed by atoms with van der Waals surface area (Å²) in [6.45, 7) is 2.46. The number of amides is 1. The van der Waals surface area contributed by atoms with Crippen LogP contribution in [-0.4, -0.2) is 25.7 Å². The topological polar surface area (TPSA) is 64.3 Å². The van der Waals surface area contributed by atoms with E-state index in [2.05, 4.69) is 21.2 Å². The highest BCUT2D eigenvalue weighted by molar-refractivity contribution is 9.10. The fourth-order valence-corrected chi connectivity index (χ4v) is 1.66. The van der Waals surface area contributed by atoms with Crippen LogP contribution in [0.3, 0.4) is 0 Å². The molecule has 0 aliphatic heterocycles. The van der Waals surface area contributed by atoms with Crippen molar-refractivity contribution in [1.82, 2.24) is 0 Å². The van der Waals surface area contributed by atoms with E-state index in [4.69, 9.17) is 10.5 Å². The molecule has 1 unspecified atom stereocenters. The summed E-state index contributed by atoms with van der Waals surface area (Å²) in [5, 5.41) is 2.77. The lowest BCUT2D eigenvalue weighted by atomic mass is 10.2. The van der Waals surface area contributed by atoms with Crippen LogP contribution in [0.15, 0.2) is 22.7 Å². The minimum Gasteiger partial charge on any atom is -0.385 e. The van der Waals surface area contributed by atoms with Crippen LogP contribution >= 0.6 is 15.9 Å². The van der Waals surface area contributed by atoms with E-state index in [1.54, 1.807) is 7.11 Å². The first-order valence-corrected chi connectivity index (χ1v) is 6.15. The summed E-state index contributed by atoms with van der Waals surface area (Å²) in [6, 6.07) is 5.09. The number of aryl methyl sites for hydroxylation is 1. The molecule has 94 valence electrons. The molecular formula is C12H17BrN2O2. The molecule has 0 aromatic heterocycles. The number of halogens is 1. The molecule has 0 aliphatic rings. The zero-order chi connectivity index (χ0) is 12.8. The maximum absolute atomic E-state index is 11.7. The first-order valence-electron chi connectivity index (χ1n) is 5.36. The molecule has 0 fully saturated rings. The number of carbonyl (C=O) groups is 1. The van der Waals surface area contributed by atoms with Gasteiger partial charge >= 0.3 is 0 Å². The van der Waals surface area contributed by atoms with Crippen molar-refractivity contribution in [2.45, 2.75) is 19.4 Å². The van der Waals surface area contributed by atoms with E-state index in [-0.39, 0.29) is 5.91 Å². The summed E-state index contributed by atoms with van der Waals surface area (Å²) in [5.74, 6) is -0.196. The van der Waals surface area contributed by atoms with Gasteiger partial charge in [0.2, 0.25) is 5.91 Å². The molecule has 1 aromatic rings. The quantitative estimate of drug-likeness (QED) is 0.875. The van der Waals surface area contributed by atoms with Crippen molar-refractivity contribution in [1.29, 1.82) is 0 Å². The zero-order valence-electron chi connectivity index (χ0n) is 10.00. The molecule has 1 atom stereocenters. The molecule has 1 amide bonds. The Morgan fingerprint density at radius 2 is 2.29 bits per heavy atom. The van der Waals surface area contributed by atoms with Crippen molar-refractivity contribution in [2.75, 3.05) is 19.0 Å². The fraction of sp³-hybridized carbons (Fsp3) is 0.417. The number of nitrogens with two attached hydrogens (primary N) is 1. The Hall–Kier alpha value is -0.910. The number of hydrogen-bond donors (Lipinski definition) is 2. The highest BCUT2D eigenvalue weighted by Gasteiger charge is 2.13. The lowest BCUT2D eigenvalue weighted by Crippen LogP contribution is -2.36. The lowest BCUT2D eigenvalue weighted by Gasteiger charge is -2.12. The average molecular weight is 301 g/mol. The Labute approximate surface area is 110 Å². The molecule has 5 heteroatoms. The average Bonchev–Trinajstić information content (AvgIpc) is 2.30. The van der Waals surface area contributed by atoms with E-state index in [1.807, 2.05) is 25.1 Å². The predicted octanol–water partition coefficient (Wildman–Crippen LogP) is 2.06. The van der Waals surface area contributed by atoms with E-state index >= 15 is 0 Å². The maximum atomic E-state index is 11.7. The minimum absolute atomic E-state index is 0.196. The summed E-state index contributed by atoms with van der Waals surface area (Å²) in [7, 11) is 1.59. The molecule has 0 heterocycles. The first-order chi connectivity index (χ1) is 8.04. The van der Waals surface area contributed by atoms with Crippen molar-refractivity contribution < 1.29 is 9.53 Å². The van der Waals surface area contributed by atoms with Crippen LogP contribution in [-0.2, 0) is 9.53 Å². The van der Waals surface area contributed by atoms with Gasteiger partial charge in [0, 0.05) is 23.9 Å². The number of hydrogen-bond acceptors (Lipinski definition) is 3. The van der Waals surface area contributed by atoms with E-state index in [0.29, 0.717) is 13.0 Å². The Balaban J connectivity index is 2.58. The van der Waals surface area contributed by atoms with E-state index in [9.17, 15) is 4.79 Å². The van der Waals surface area contributed by atoms with Gasteiger partial charge in [-0.3, -0.25) is 4.79 Å². The normalized spacial score (nSPS) is 12.2. The van der Waals surface area contributed by atoms with Crippen molar-refractivity contribution in [3.05, 3.63) is 28.2 Å². The third kappa shape index (κ3) is 4.46. The number of benzene rings is 1. The monoisotopic (exact) mass is 300 g/mol. The standard InChI is InChI=1S/C12H17BrN2O2/c1-8-3-4-9(7-10(8)13)15-12(16)11(14)5-6-17-2/h3-4,7,11H,5-6,14H2,1-2H3,(H,15,16). The summed E-state index contributed by atoms with van der Waals surface area (Å²) >= 11 is 3.41. The van der Waals surface area contributed by atoms with Gasteiger partial charge in [0.15, 0.2) is 0 Å². The Kier molecular flexibility index (Phi) is 5.61. The molecule has 0 saturated heterocycles. The van der Waals surface area contributed by atoms with Gasteiger partial charge in [-0.15, -0.1) is 0 Å². The molecule has 17 heavy (non-hydrogen) atoms. The Morgan fingerprint density at radius 3 is 2.88 bits per heavy atom. The maximum Gasteiger partial charge on any atom is 0.241 e. The van der Waals surface area contributed by atoms with Gasteiger partial charge in [-0.25, -0.2) is 0 Å². The van der Waals surface area contributed by atoms with Crippen LogP contribution in [0.2, 0.25) is 0 Å². The Morgan fingerprint density at radius 1 is 1.59 bits per heavy atom. The van der Waals surface area contributed by atoms with E-state index in [1.165, 1.54) is 0 Å². The van der Waals surface area contributed by atoms with Crippen molar-refractivity contribution in [2.24, 2.45) is 5.73 Å². The molecular weight excluding hydrogens is 284 g/mol. The van der Waals surface area contributed by atoms with E-state index < -0.39 is 6.04 Å². The second-order valence-electron chi connectivity index (χ2n) is 3.84. The van der Waals surface area contributed by atoms with Crippen LogP contribution in [0.4, 0.5) is 5.69 Å². The predicted molar refractivity (Wildman–Crippen MR) is 72.0 cm³/mol. The highest BCUT2D eigenvalue weighted by Crippen LogP contribution is 2.20. The summed E-state index contributed by atoms with van der Waals surface area (Å²) in [4.78, 5) is 11.7. The molecule has 1 rings (SSSR count). The smallest absolute Gasteiger partial charge is 0.241 e. The number of nitrogens with one attached hydrogen (secondary N) is 1. The largest absolute Gasteiger partial charge is 0.385 e. The third-order valence-electron chi connectivity index (χ3n) is 2.41. The van der Waals surface area contributed by atoms with Crippen molar-refractivity contribution in [3.63, 3.8) is 0 Å². The molecule has 3 N–H and O–H groups in total. The van der Waals surface area contributed by atoms with Gasteiger partial charge in [-0.1, -0.05) is 22.0 Å². The molecule has 0 radical (unpaired) electrons. The number of methoxy groups -OCH3 is 1. The number of rotatable bonds is 5. The van der Waals surface area contributed by atoms with Crippen LogP contribution in [0.1, 0.15) is 12.0 Å². The van der Waals surface area contributed by atoms with Gasteiger partial charge < -0.3 is 15.8 Å². The van der Waals surface area contributed by atoms with Gasteiger partial charge in [0.1, 0.15) is 0 Å². The molecule has 1 aromatic carbocycles. The van der Waals surface area contributed by atoms with Gasteiger partial charge in [-0.2, -0.15) is 0 Å². The molecule has 4 nitrogen and oxygen atoms in total. The zero-order valence-corrected chi connectivity index (χ0v) is 11.6. The number of carbonyl (C=O) groups excluding carboxylic acids is 1. The van der Waals surface area contributed by atoms with E-state index in [0.717, 1.165) is 15.7 Å². The summed E-state index contributed by atoms with van der Waals surface area (Å²) in [6.07, 6.45) is 0.509. The third-order valence-corrected chi connectivity index (χ3v) is 3.26. The van der Waals surface area contributed by atoms with Crippen LogP contribution in [0.5, 0.6) is 0 Å². The second-order valence-corrected chi connectivity index (χ2v) is 4.70. The van der Waals surface area contributed by atoms with Crippen molar-refractivity contribution >= 4 is 27.5 Å². The number of anilines is 1. The SMILES string of the molecule is COCCC(N)C(=O)Nc1ccc(C)c(Br)c1. The van der Waals surface area contributed by atoms with Gasteiger partial charge in [0.25, 0.3) is 0 Å². The number of ether oxygens (including phenoxy) is 1. The van der Waals surface area contributed by atoms with Gasteiger partial charge in [-0.05, 0) is 31.0 Å². The fourth-order valence-electron chi connectivity index (χ4n) is 1.28.